The molecule has 3 nitrogen and oxygen atoms in total. The smallest absolute Gasteiger partial charge is 0.224 e. The molecule has 1 saturated carbocycles. The average Bonchev–Trinajstić information content (AvgIpc) is 2.76. The summed E-state index contributed by atoms with van der Waals surface area (Å²) in [5.41, 5.74) is 0. The Morgan fingerprint density at radius 3 is 2.87 bits per heavy atom. The maximum Gasteiger partial charge on any atom is 0.224 e. The van der Waals surface area contributed by atoms with E-state index in [1.807, 2.05) is 4.90 Å². The molecule has 1 saturated heterocycles. The lowest BCUT2D eigenvalue weighted by Crippen LogP contribution is -2.31. The van der Waals surface area contributed by atoms with Gasteiger partial charge in [0, 0.05) is 19.5 Å². The lowest BCUT2D eigenvalue weighted by Gasteiger charge is -2.23. The minimum absolute atomic E-state index is 0.0609. The van der Waals surface area contributed by atoms with Crippen LogP contribution in [0.4, 0.5) is 0 Å². The summed E-state index contributed by atoms with van der Waals surface area (Å²) < 4.78 is 0. The molecule has 0 N–H and O–H groups in total. The molecular weight excluding hydrogens is 188 g/mol. The van der Waals surface area contributed by atoms with Gasteiger partial charge in [0.1, 0.15) is 0 Å². The van der Waals surface area contributed by atoms with Crippen molar-refractivity contribution in [3.05, 3.63) is 0 Å². The number of hydrogen-bond donors (Lipinski definition) is 0. The van der Waals surface area contributed by atoms with Crippen LogP contribution in [-0.4, -0.2) is 23.9 Å². The van der Waals surface area contributed by atoms with Crippen LogP contribution in [0.2, 0.25) is 0 Å². The Balaban J connectivity index is 1.90. The summed E-state index contributed by atoms with van der Waals surface area (Å²) in [4.78, 5) is 13.5. The van der Waals surface area contributed by atoms with Crippen molar-refractivity contribution in [1.29, 1.82) is 5.26 Å². The quantitative estimate of drug-likeness (QED) is 0.691. The maximum atomic E-state index is 11.6. The van der Waals surface area contributed by atoms with E-state index in [0.29, 0.717) is 18.9 Å². The molecular formula is C12H18N2O. The Hall–Kier alpha value is -1.04. The molecule has 3 heteroatoms. The molecule has 0 radical (unpaired) electrons. The first kappa shape index (κ1) is 10.5. The normalized spacial score (nSPS) is 35.9. The average molecular weight is 206 g/mol. The van der Waals surface area contributed by atoms with Gasteiger partial charge in [0.25, 0.3) is 0 Å². The Kier molecular flexibility index (Phi) is 2.95. The van der Waals surface area contributed by atoms with Crippen LogP contribution in [0.15, 0.2) is 0 Å². The molecule has 2 rings (SSSR count). The second-order valence-electron chi connectivity index (χ2n) is 5.00. The van der Waals surface area contributed by atoms with Crippen molar-refractivity contribution in [1.82, 2.24) is 4.90 Å². The predicted molar refractivity (Wildman–Crippen MR) is 56.8 cm³/mol. The number of hydrogen-bond acceptors (Lipinski definition) is 2. The summed E-state index contributed by atoms with van der Waals surface area (Å²) in [5, 5.41) is 8.79. The van der Waals surface area contributed by atoms with Crippen LogP contribution in [0.3, 0.4) is 0 Å². The molecule has 15 heavy (non-hydrogen) atoms. The van der Waals surface area contributed by atoms with Gasteiger partial charge in [-0.25, -0.2) is 0 Å². The van der Waals surface area contributed by atoms with Crippen molar-refractivity contribution < 1.29 is 4.79 Å². The molecule has 2 fully saturated rings. The second kappa shape index (κ2) is 4.22. The van der Waals surface area contributed by atoms with E-state index in [1.165, 1.54) is 19.3 Å². The number of nitriles is 1. The van der Waals surface area contributed by atoms with E-state index in [-0.39, 0.29) is 11.8 Å². The zero-order valence-corrected chi connectivity index (χ0v) is 9.28. The van der Waals surface area contributed by atoms with Crippen molar-refractivity contribution in [2.45, 2.75) is 32.6 Å². The molecule has 0 aromatic heterocycles. The molecule has 0 spiro atoms. The Morgan fingerprint density at radius 2 is 2.33 bits per heavy atom. The van der Waals surface area contributed by atoms with Gasteiger partial charge in [0.15, 0.2) is 0 Å². The molecule has 2 aliphatic rings. The van der Waals surface area contributed by atoms with Gasteiger partial charge in [0.05, 0.1) is 12.0 Å². The number of rotatable bonds is 2. The molecule has 1 heterocycles. The van der Waals surface area contributed by atoms with Crippen LogP contribution in [0.5, 0.6) is 0 Å². The van der Waals surface area contributed by atoms with Gasteiger partial charge < -0.3 is 4.90 Å². The van der Waals surface area contributed by atoms with Crippen LogP contribution < -0.4 is 0 Å². The minimum atomic E-state index is -0.0609. The van der Waals surface area contributed by atoms with E-state index < -0.39 is 0 Å². The van der Waals surface area contributed by atoms with E-state index in [9.17, 15) is 4.79 Å². The molecule has 0 aromatic carbocycles. The highest BCUT2D eigenvalue weighted by Gasteiger charge is 2.33. The second-order valence-corrected chi connectivity index (χ2v) is 5.00. The van der Waals surface area contributed by atoms with Crippen molar-refractivity contribution in [3.8, 4) is 6.07 Å². The zero-order valence-electron chi connectivity index (χ0n) is 9.28. The van der Waals surface area contributed by atoms with Gasteiger partial charge in [0.2, 0.25) is 5.91 Å². The fourth-order valence-corrected chi connectivity index (χ4v) is 2.81. The number of carbonyl (C=O) groups is 1. The lowest BCUT2D eigenvalue weighted by atomic mass is 9.98. The standard InChI is InChI=1S/C12H18N2O/c1-9-3-2-4-11(9)8-14-7-10(6-13)5-12(14)15/h9-11H,2-5,7-8H2,1H3. The third kappa shape index (κ3) is 2.14. The number of carbonyl (C=O) groups excluding carboxylic acids is 1. The van der Waals surface area contributed by atoms with Gasteiger partial charge in [-0.1, -0.05) is 19.8 Å². The highest BCUT2D eigenvalue weighted by Crippen LogP contribution is 2.33. The third-order valence-electron chi connectivity index (χ3n) is 3.89. The summed E-state index contributed by atoms with van der Waals surface area (Å²) in [6, 6.07) is 2.20. The molecule has 0 bridgehead atoms. The molecule has 0 aromatic rings. The van der Waals surface area contributed by atoms with E-state index >= 15 is 0 Å². The lowest BCUT2D eigenvalue weighted by molar-refractivity contribution is -0.128. The van der Waals surface area contributed by atoms with Gasteiger partial charge >= 0.3 is 0 Å². The van der Waals surface area contributed by atoms with Crippen LogP contribution in [0, 0.1) is 29.1 Å². The first-order valence-electron chi connectivity index (χ1n) is 5.88. The monoisotopic (exact) mass is 206 g/mol. The predicted octanol–water partition coefficient (Wildman–Crippen LogP) is 1.79. The van der Waals surface area contributed by atoms with Crippen molar-refractivity contribution in [2.24, 2.45) is 17.8 Å². The minimum Gasteiger partial charge on any atom is -0.341 e. The molecule has 1 aliphatic carbocycles. The SMILES string of the molecule is CC1CCCC1CN1CC(C#N)CC1=O. The van der Waals surface area contributed by atoms with Gasteiger partial charge in [-0.3, -0.25) is 4.79 Å². The molecule has 1 aliphatic heterocycles. The van der Waals surface area contributed by atoms with E-state index in [2.05, 4.69) is 13.0 Å². The fourth-order valence-electron chi connectivity index (χ4n) is 2.81. The van der Waals surface area contributed by atoms with Crippen molar-refractivity contribution >= 4 is 5.91 Å². The van der Waals surface area contributed by atoms with Crippen LogP contribution >= 0.6 is 0 Å². The van der Waals surface area contributed by atoms with Crippen LogP contribution in [0.25, 0.3) is 0 Å². The highest BCUT2D eigenvalue weighted by atomic mass is 16.2. The highest BCUT2D eigenvalue weighted by molar-refractivity contribution is 5.79. The molecule has 1 amide bonds. The van der Waals surface area contributed by atoms with Crippen LogP contribution in [0.1, 0.15) is 32.6 Å². The van der Waals surface area contributed by atoms with Crippen molar-refractivity contribution in [2.75, 3.05) is 13.1 Å². The summed E-state index contributed by atoms with van der Waals surface area (Å²) >= 11 is 0. The Morgan fingerprint density at radius 1 is 1.53 bits per heavy atom. The number of amides is 1. The van der Waals surface area contributed by atoms with E-state index in [1.54, 1.807) is 0 Å². The molecule has 3 atom stereocenters. The summed E-state index contributed by atoms with van der Waals surface area (Å²) in [7, 11) is 0. The topological polar surface area (TPSA) is 44.1 Å². The molecule has 82 valence electrons. The van der Waals surface area contributed by atoms with E-state index in [0.717, 1.165) is 12.5 Å². The van der Waals surface area contributed by atoms with Gasteiger partial charge in [-0.05, 0) is 18.3 Å². The Bertz CT molecular complexity index is 294. The first-order chi connectivity index (χ1) is 7.20. The van der Waals surface area contributed by atoms with Gasteiger partial charge in [-0.15, -0.1) is 0 Å². The number of nitrogens with zero attached hydrogens (tertiary/aromatic N) is 2. The molecule has 3 unspecified atom stereocenters. The van der Waals surface area contributed by atoms with E-state index in [4.69, 9.17) is 5.26 Å². The van der Waals surface area contributed by atoms with Crippen LogP contribution in [-0.2, 0) is 4.79 Å². The summed E-state index contributed by atoms with van der Waals surface area (Å²) in [5.74, 6) is 1.54. The third-order valence-corrected chi connectivity index (χ3v) is 3.89. The maximum absolute atomic E-state index is 11.6. The fraction of sp³-hybridized carbons (Fsp3) is 0.833. The zero-order chi connectivity index (χ0) is 10.8. The Labute approximate surface area is 91.1 Å². The van der Waals surface area contributed by atoms with Crippen molar-refractivity contribution in [3.63, 3.8) is 0 Å². The number of likely N-dealkylation sites (tertiary alicyclic amines) is 1. The largest absolute Gasteiger partial charge is 0.341 e. The summed E-state index contributed by atoms with van der Waals surface area (Å²) in [6.45, 7) is 3.83. The summed E-state index contributed by atoms with van der Waals surface area (Å²) in [6.07, 6.45) is 4.30. The first-order valence-corrected chi connectivity index (χ1v) is 5.88. The van der Waals surface area contributed by atoms with Gasteiger partial charge in [-0.2, -0.15) is 5.26 Å².